The largest absolute Gasteiger partial charge is 0.423 e. The highest BCUT2D eigenvalue weighted by atomic mass is 35.5. The summed E-state index contributed by atoms with van der Waals surface area (Å²) >= 11 is 5.94. The first-order valence-electron chi connectivity index (χ1n) is 8.66. The summed E-state index contributed by atoms with van der Waals surface area (Å²) < 4.78 is 11.4. The summed E-state index contributed by atoms with van der Waals surface area (Å²) in [5, 5.41) is 10.3. The Morgan fingerprint density at radius 1 is 1.36 bits per heavy atom. The molecule has 1 unspecified atom stereocenters. The summed E-state index contributed by atoms with van der Waals surface area (Å²) in [4.78, 5) is 32.0. The van der Waals surface area contributed by atoms with Gasteiger partial charge in [0.25, 0.3) is 5.09 Å². The van der Waals surface area contributed by atoms with Crippen molar-refractivity contribution in [2.45, 2.75) is 39.6 Å². The van der Waals surface area contributed by atoms with Crippen molar-refractivity contribution in [2.75, 3.05) is 0 Å². The summed E-state index contributed by atoms with van der Waals surface area (Å²) in [6, 6.07) is 7.24. The lowest BCUT2D eigenvalue weighted by Crippen LogP contribution is -2.35. The van der Waals surface area contributed by atoms with E-state index in [9.17, 15) is 14.9 Å². The predicted octanol–water partition coefficient (Wildman–Crippen LogP) is 3.80. The van der Waals surface area contributed by atoms with Gasteiger partial charge in [-0.1, -0.05) is 37.6 Å². The molecule has 2 aromatic rings. The normalized spacial score (nSPS) is 16.5. The van der Waals surface area contributed by atoms with Crippen molar-refractivity contribution in [3.05, 3.63) is 68.0 Å². The van der Waals surface area contributed by atoms with Gasteiger partial charge in [-0.3, -0.25) is 9.82 Å². The van der Waals surface area contributed by atoms with Crippen LogP contribution in [0, 0.1) is 23.0 Å². The van der Waals surface area contributed by atoms with E-state index in [1.165, 1.54) is 0 Å². The number of benzene rings is 1. The summed E-state index contributed by atoms with van der Waals surface area (Å²) in [6.07, 6.45) is -0.0183. The number of esters is 1. The van der Waals surface area contributed by atoms with Crippen molar-refractivity contribution in [1.29, 1.82) is 0 Å². The molecule has 1 aliphatic rings. The maximum atomic E-state index is 12.5. The zero-order valence-corrected chi connectivity index (χ0v) is 16.3. The number of nitrogens with zero attached hydrogens (tertiary/aromatic N) is 2. The molecule has 0 fully saturated rings. The first kappa shape index (κ1) is 20.0. The summed E-state index contributed by atoms with van der Waals surface area (Å²) in [5.41, 5.74) is 2.83. The molecule has 1 aromatic carbocycles. The van der Waals surface area contributed by atoms with Crippen LogP contribution in [0.15, 0.2) is 30.5 Å². The van der Waals surface area contributed by atoms with Gasteiger partial charge in [0, 0.05) is 22.3 Å². The standard InChI is InChI=1S/C19H19ClN2O6/c1-10(2)16(28-22(24)25)19(23)27-17-11(3)21-8-14-15(17)9-26-18(14)12-4-6-13(20)7-5-12/h4-8,10,16,18H,9H2,1-3H3/t16-,18?/m0/s1. The van der Waals surface area contributed by atoms with Crippen LogP contribution in [0.1, 0.15) is 42.3 Å². The van der Waals surface area contributed by atoms with Gasteiger partial charge in [0.05, 0.1) is 12.3 Å². The number of rotatable bonds is 6. The zero-order chi connectivity index (χ0) is 20.4. The molecule has 1 aromatic heterocycles. The minimum atomic E-state index is -1.33. The number of hydrogen-bond donors (Lipinski definition) is 0. The number of fused-ring (bicyclic) bond motifs is 1. The number of carbonyl (C=O) groups is 1. The van der Waals surface area contributed by atoms with Gasteiger partial charge in [0.2, 0.25) is 6.10 Å². The van der Waals surface area contributed by atoms with Gasteiger partial charge in [-0.15, -0.1) is 10.1 Å². The Hall–Kier alpha value is -2.71. The Morgan fingerprint density at radius 3 is 2.64 bits per heavy atom. The fourth-order valence-electron chi connectivity index (χ4n) is 3.02. The van der Waals surface area contributed by atoms with Gasteiger partial charge in [0.15, 0.2) is 5.75 Å². The molecular weight excluding hydrogens is 388 g/mol. The van der Waals surface area contributed by atoms with Crippen molar-refractivity contribution in [3.8, 4) is 5.75 Å². The molecule has 0 N–H and O–H groups in total. The number of hydrogen-bond acceptors (Lipinski definition) is 7. The fraction of sp³-hybridized carbons (Fsp3) is 0.368. The third-order valence-corrected chi connectivity index (χ3v) is 4.69. The van der Waals surface area contributed by atoms with E-state index in [-0.39, 0.29) is 18.5 Å². The molecule has 8 nitrogen and oxygen atoms in total. The molecule has 148 valence electrons. The second-order valence-electron chi connectivity index (χ2n) is 6.76. The smallest absolute Gasteiger partial charge is 0.341 e. The fourth-order valence-corrected chi connectivity index (χ4v) is 3.15. The molecule has 0 amide bonds. The van der Waals surface area contributed by atoms with Gasteiger partial charge in [0.1, 0.15) is 6.10 Å². The van der Waals surface area contributed by atoms with E-state index in [0.29, 0.717) is 16.3 Å². The monoisotopic (exact) mass is 406 g/mol. The Bertz CT molecular complexity index is 900. The van der Waals surface area contributed by atoms with E-state index in [4.69, 9.17) is 21.1 Å². The number of pyridine rings is 1. The lowest BCUT2D eigenvalue weighted by atomic mass is 10.00. The molecule has 0 radical (unpaired) electrons. The van der Waals surface area contributed by atoms with Crippen LogP contribution in [0.25, 0.3) is 0 Å². The minimum Gasteiger partial charge on any atom is -0.423 e. The van der Waals surface area contributed by atoms with Crippen LogP contribution in [0.2, 0.25) is 5.02 Å². The maximum Gasteiger partial charge on any atom is 0.341 e. The number of ether oxygens (including phenoxy) is 2. The summed E-state index contributed by atoms with van der Waals surface area (Å²) in [6.45, 7) is 5.18. The third kappa shape index (κ3) is 4.07. The first-order chi connectivity index (χ1) is 13.3. The van der Waals surface area contributed by atoms with Crippen molar-refractivity contribution in [1.82, 2.24) is 4.98 Å². The van der Waals surface area contributed by atoms with Crippen molar-refractivity contribution < 1.29 is 24.2 Å². The van der Waals surface area contributed by atoms with Gasteiger partial charge in [-0.2, -0.15) is 0 Å². The summed E-state index contributed by atoms with van der Waals surface area (Å²) in [5.74, 6) is -1.04. The Labute approximate surface area is 166 Å². The van der Waals surface area contributed by atoms with Crippen LogP contribution in [-0.2, 0) is 21.0 Å². The van der Waals surface area contributed by atoms with Crippen LogP contribution in [0.3, 0.4) is 0 Å². The van der Waals surface area contributed by atoms with E-state index >= 15 is 0 Å². The van der Waals surface area contributed by atoms with Crippen molar-refractivity contribution >= 4 is 17.6 Å². The van der Waals surface area contributed by atoms with E-state index in [1.54, 1.807) is 39.1 Å². The van der Waals surface area contributed by atoms with E-state index in [0.717, 1.165) is 11.1 Å². The topological polar surface area (TPSA) is 101 Å². The van der Waals surface area contributed by atoms with Gasteiger partial charge in [-0.05, 0) is 30.5 Å². The molecule has 2 atom stereocenters. The quantitative estimate of drug-likeness (QED) is 0.408. The van der Waals surface area contributed by atoms with E-state index < -0.39 is 23.1 Å². The lowest BCUT2D eigenvalue weighted by Gasteiger charge is -2.19. The molecule has 0 bridgehead atoms. The first-order valence-corrected chi connectivity index (χ1v) is 9.04. The number of carbonyl (C=O) groups excluding carboxylic acids is 1. The molecule has 9 heteroatoms. The van der Waals surface area contributed by atoms with Crippen LogP contribution < -0.4 is 4.74 Å². The molecule has 3 rings (SSSR count). The SMILES string of the molecule is Cc1ncc2c(c1OC(=O)[C@@H](O[N+](=O)[O-])C(C)C)COC2c1ccc(Cl)cc1. The molecule has 0 saturated carbocycles. The number of aryl methyl sites for hydroxylation is 1. The Balaban J connectivity index is 1.90. The van der Waals surface area contributed by atoms with Gasteiger partial charge in [-0.25, -0.2) is 4.79 Å². The highest BCUT2D eigenvalue weighted by Crippen LogP contribution is 2.41. The molecular formula is C19H19ClN2O6. The number of halogens is 1. The molecule has 0 saturated heterocycles. The molecule has 2 heterocycles. The molecule has 0 aliphatic carbocycles. The summed E-state index contributed by atoms with van der Waals surface area (Å²) in [7, 11) is 0. The van der Waals surface area contributed by atoms with E-state index in [2.05, 4.69) is 9.82 Å². The van der Waals surface area contributed by atoms with Crippen LogP contribution in [0.5, 0.6) is 5.75 Å². The molecule has 28 heavy (non-hydrogen) atoms. The Morgan fingerprint density at radius 2 is 2.04 bits per heavy atom. The van der Waals surface area contributed by atoms with Crippen LogP contribution in [-0.4, -0.2) is 22.1 Å². The molecule has 1 aliphatic heterocycles. The highest BCUT2D eigenvalue weighted by Gasteiger charge is 2.33. The molecule has 0 spiro atoms. The third-order valence-electron chi connectivity index (χ3n) is 4.44. The van der Waals surface area contributed by atoms with Gasteiger partial charge >= 0.3 is 5.97 Å². The minimum absolute atomic E-state index is 0.219. The Kier molecular flexibility index (Phi) is 5.81. The zero-order valence-electron chi connectivity index (χ0n) is 15.5. The maximum absolute atomic E-state index is 12.5. The van der Waals surface area contributed by atoms with Crippen molar-refractivity contribution in [2.24, 2.45) is 5.92 Å². The number of aromatic nitrogens is 1. The van der Waals surface area contributed by atoms with Crippen molar-refractivity contribution in [3.63, 3.8) is 0 Å². The van der Waals surface area contributed by atoms with Crippen LogP contribution in [0.4, 0.5) is 0 Å². The average Bonchev–Trinajstić information content (AvgIpc) is 3.06. The van der Waals surface area contributed by atoms with Crippen LogP contribution >= 0.6 is 11.6 Å². The predicted molar refractivity (Wildman–Crippen MR) is 99.4 cm³/mol. The van der Waals surface area contributed by atoms with Gasteiger partial charge < -0.3 is 9.47 Å². The highest BCUT2D eigenvalue weighted by molar-refractivity contribution is 6.30. The average molecular weight is 407 g/mol. The second kappa shape index (κ2) is 8.12. The van der Waals surface area contributed by atoms with E-state index in [1.807, 2.05) is 12.1 Å². The lowest BCUT2D eigenvalue weighted by molar-refractivity contribution is -0.766. The second-order valence-corrected chi connectivity index (χ2v) is 7.20.